The molecule has 0 saturated heterocycles. The van der Waals surface area contributed by atoms with Crippen molar-refractivity contribution < 1.29 is 22.3 Å². The maximum Gasteiger partial charge on any atom is 0.384 e. The van der Waals surface area contributed by atoms with E-state index in [1.807, 2.05) is 12.1 Å². The minimum atomic E-state index is -3.65. The monoisotopic (exact) mass is 492 g/mol. The van der Waals surface area contributed by atoms with Gasteiger partial charge in [-0.15, -0.1) is 0 Å². The van der Waals surface area contributed by atoms with E-state index in [1.165, 1.54) is 66.2 Å². The lowest BCUT2D eigenvalue weighted by Crippen LogP contribution is -2.22. The smallest absolute Gasteiger partial charge is 0.303 e. The molecule has 0 aromatic heterocycles. The third-order valence-corrected chi connectivity index (χ3v) is 6.40. The van der Waals surface area contributed by atoms with Gasteiger partial charge in [0.05, 0.1) is 5.56 Å². The number of halogens is 4. The molecule has 0 saturated carbocycles. The Morgan fingerprint density at radius 3 is 1.56 bits per heavy atom. The highest BCUT2D eigenvalue weighted by Gasteiger charge is 2.37. The average Bonchev–Trinajstić information content (AvgIpc) is 2.89. The quantitative estimate of drug-likeness (QED) is 0.212. The van der Waals surface area contributed by atoms with E-state index in [0.29, 0.717) is 17.0 Å². The van der Waals surface area contributed by atoms with Crippen LogP contribution >= 0.6 is 0 Å². The number of hydrogen-bond donors (Lipinski definition) is 0. The van der Waals surface area contributed by atoms with Crippen LogP contribution in [0.4, 0.5) is 17.6 Å². The molecule has 0 fully saturated rings. The third kappa shape index (κ3) is 6.21. The van der Waals surface area contributed by atoms with Crippen LogP contribution in [0, 0.1) is 17.6 Å². The van der Waals surface area contributed by atoms with Crippen molar-refractivity contribution in [3.8, 4) is 11.1 Å². The Labute approximate surface area is 209 Å². The van der Waals surface area contributed by atoms with Crippen molar-refractivity contribution in [2.24, 2.45) is 5.92 Å². The zero-order valence-corrected chi connectivity index (χ0v) is 20.2. The van der Waals surface area contributed by atoms with E-state index >= 15 is 8.78 Å². The SMILES string of the molecule is CC[C@@H](C)Cc1ccc(-c2ccc(C(F)(F)OC(c3ccc(F)cc3)c3ccc(F)cc3)cc2)cc1. The summed E-state index contributed by atoms with van der Waals surface area (Å²) in [5, 5.41) is 0. The van der Waals surface area contributed by atoms with E-state index in [1.54, 1.807) is 12.1 Å². The van der Waals surface area contributed by atoms with Crippen molar-refractivity contribution in [3.05, 3.63) is 131 Å². The molecule has 0 heterocycles. The fourth-order valence-electron chi connectivity index (χ4n) is 4.06. The molecule has 0 amide bonds. The maximum atomic E-state index is 15.3. The van der Waals surface area contributed by atoms with Gasteiger partial charge in [-0.05, 0) is 76.6 Å². The van der Waals surface area contributed by atoms with Gasteiger partial charge in [-0.3, -0.25) is 0 Å². The van der Waals surface area contributed by atoms with Gasteiger partial charge in [0.15, 0.2) is 0 Å². The van der Waals surface area contributed by atoms with Gasteiger partial charge < -0.3 is 4.74 Å². The summed E-state index contributed by atoms with van der Waals surface area (Å²) in [6.07, 6.45) is -2.75. The second-order valence-electron chi connectivity index (χ2n) is 9.11. The standard InChI is InChI=1S/C31H28F4O/c1-3-21(2)20-22-4-6-23(7-5-22)24-8-14-27(15-9-24)31(34,35)36-30(25-10-16-28(32)17-11-25)26-12-18-29(33)19-13-26/h4-19,21,30H,3,20H2,1-2H3/t21-/m1/s1. The molecule has 36 heavy (non-hydrogen) atoms. The van der Waals surface area contributed by atoms with E-state index in [2.05, 4.69) is 26.0 Å². The first-order valence-corrected chi connectivity index (χ1v) is 12.0. The first-order chi connectivity index (χ1) is 17.2. The predicted octanol–water partition coefficient (Wildman–Crippen LogP) is 9.08. The zero-order chi connectivity index (χ0) is 25.7. The third-order valence-electron chi connectivity index (χ3n) is 6.40. The highest BCUT2D eigenvalue weighted by atomic mass is 19.3. The second kappa shape index (κ2) is 11.1. The lowest BCUT2D eigenvalue weighted by atomic mass is 9.96. The van der Waals surface area contributed by atoms with E-state index in [-0.39, 0.29) is 5.56 Å². The van der Waals surface area contributed by atoms with Gasteiger partial charge in [0.2, 0.25) is 0 Å². The molecule has 1 nitrogen and oxygen atoms in total. The Bertz CT molecular complexity index is 1200. The van der Waals surface area contributed by atoms with Crippen LogP contribution in [0.15, 0.2) is 97.1 Å². The molecule has 4 aromatic rings. The molecular weight excluding hydrogens is 464 g/mol. The molecular formula is C31H28F4O. The minimum absolute atomic E-state index is 0.311. The summed E-state index contributed by atoms with van der Waals surface area (Å²) in [4.78, 5) is 0. The molecule has 1 atom stereocenters. The summed E-state index contributed by atoms with van der Waals surface area (Å²) in [5.74, 6) is -0.385. The second-order valence-corrected chi connectivity index (χ2v) is 9.11. The van der Waals surface area contributed by atoms with Crippen LogP contribution in [0.5, 0.6) is 0 Å². The Kier molecular flexibility index (Phi) is 7.90. The van der Waals surface area contributed by atoms with Gasteiger partial charge in [-0.2, -0.15) is 8.78 Å². The van der Waals surface area contributed by atoms with Crippen molar-refractivity contribution >= 4 is 0 Å². The Morgan fingerprint density at radius 1 is 0.667 bits per heavy atom. The van der Waals surface area contributed by atoms with Crippen molar-refractivity contribution in [3.63, 3.8) is 0 Å². The normalized spacial score (nSPS) is 12.6. The van der Waals surface area contributed by atoms with Gasteiger partial charge in [0.1, 0.15) is 17.7 Å². The number of hydrogen-bond acceptors (Lipinski definition) is 1. The number of rotatable bonds is 9. The van der Waals surface area contributed by atoms with Crippen molar-refractivity contribution in [1.29, 1.82) is 0 Å². The lowest BCUT2D eigenvalue weighted by Gasteiger charge is -2.25. The van der Waals surface area contributed by atoms with E-state index < -0.39 is 23.8 Å². The van der Waals surface area contributed by atoms with Crippen LogP contribution in [-0.4, -0.2) is 0 Å². The van der Waals surface area contributed by atoms with Gasteiger partial charge in [0.25, 0.3) is 0 Å². The van der Waals surface area contributed by atoms with Crippen molar-refractivity contribution in [2.45, 2.75) is 38.9 Å². The minimum Gasteiger partial charge on any atom is -0.303 e. The van der Waals surface area contributed by atoms with Crippen molar-refractivity contribution in [1.82, 2.24) is 0 Å². The Hall–Kier alpha value is -3.44. The van der Waals surface area contributed by atoms with E-state index in [9.17, 15) is 8.78 Å². The van der Waals surface area contributed by atoms with Gasteiger partial charge in [-0.1, -0.05) is 80.9 Å². The Balaban J connectivity index is 1.56. The molecule has 0 radical (unpaired) electrons. The summed E-state index contributed by atoms with van der Waals surface area (Å²) < 4.78 is 62.8. The molecule has 0 aliphatic heterocycles. The molecule has 4 aromatic carbocycles. The summed E-state index contributed by atoms with van der Waals surface area (Å²) >= 11 is 0. The van der Waals surface area contributed by atoms with E-state index in [4.69, 9.17) is 4.74 Å². The van der Waals surface area contributed by atoms with Gasteiger partial charge in [-0.25, -0.2) is 8.78 Å². The van der Waals surface area contributed by atoms with Crippen molar-refractivity contribution in [2.75, 3.05) is 0 Å². The number of alkyl halides is 2. The average molecular weight is 493 g/mol. The Morgan fingerprint density at radius 2 is 1.11 bits per heavy atom. The molecule has 0 bridgehead atoms. The van der Waals surface area contributed by atoms with Crippen LogP contribution in [0.1, 0.15) is 48.6 Å². The van der Waals surface area contributed by atoms with Gasteiger partial charge in [0, 0.05) is 0 Å². The molecule has 186 valence electrons. The lowest BCUT2D eigenvalue weighted by molar-refractivity contribution is -0.267. The molecule has 0 N–H and O–H groups in total. The van der Waals surface area contributed by atoms with Crippen LogP contribution in [0.25, 0.3) is 11.1 Å². The van der Waals surface area contributed by atoms with Crippen LogP contribution in [-0.2, 0) is 17.3 Å². The molecule has 4 rings (SSSR count). The van der Waals surface area contributed by atoms with E-state index in [0.717, 1.165) is 24.0 Å². The van der Waals surface area contributed by atoms with Crippen LogP contribution in [0.2, 0.25) is 0 Å². The van der Waals surface area contributed by atoms with Gasteiger partial charge >= 0.3 is 6.11 Å². The molecule has 0 aliphatic carbocycles. The molecule has 0 spiro atoms. The molecule has 5 heteroatoms. The highest BCUT2D eigenvalue weighted by Crippen LogP contribution is 2.39. The molecule has 0 aliphatic rings. The zero-order valence-electron chi connectivity index (χ0n) is 20.2. The summed E-state index contributed by atoms with van der Waals surface area (Å²) in [6, 6.07) is 24.3. The first-order valence-electron chi connectivity index (χ1n) is 12.0. The van der Waals surface area contributed by atoms with Crippen LogP contribution < -0.4 is 0 Å². The first kappa shape index (κ1) is 25.6. The largest absolute Gasteiger partial charge is 0.384 e. The fourth-order valence-corrected chi connectivity index (χ4v) is 4.06. The highest BCUT2D eigenvalue weighted by molar-refractivity contribution is 5.64. The summed E-state index contributed by atoms with van der Waals surface area (Å²) in [7, 11) is 0. The topological polar surface area (TPSA) is 9.23 Å². The predicted molar refractivity (Wildman–Crippen MR) is 135 cm³/mol. The van der Waals surface area contributed by atoms with Crippen LogP contribution in [0.3, 0.4) is 0 Å². The maximum absolute atomic E-state index is 15.3. The number of ether oxygens (including phenoxy) is 1. The number of benzene rings is 4. The summed E-state index contributed by atoms with van der Waals surface area (Å²) in [5.41, 5.74) is 3.35. The molecule has 0 unspecified atom stereocenters. The summed E-state index contributed by atoms with van der Waals surface area (Å²) in [6.45, 7) is 4.38. The fraction of sp³-hybridized carbons (Fsp3) is 0.226.